The summed E-state index contributed by atoms with van der Waals surface area (Å²) >= 11 is 0. The van der Waals surface area contributed by atoms with Crippen LogP contribution in [-0.4, -0.2) is 27.5 Å². The third-order valence-corrected chi connectivity index (χ3v) is 3.91. The molecule has 0 aliphatic heterocycles. The topological polar surface area (TPSA) is 75.0 Å². The molecular formula is C16H20N4O. The normalized spacial score (nSPS) is 14.1. The van der Waals surface area contributed by atoms with E-state index in [2.05, 4.69) is 10.2 Å². The van der Waals surface area contributed by atoms with Gasteiger partial charge in [0.1, 0.15) is 0 Å². The average Bonchev–Trinajstić information content (AvgIpc) is 3.28. The molecule has 1 aliphatic carbocycles. The van der Waals surface area contributed by atoms with Gasteiger partial charge in [0, 0.05) is 19.0 Å². The third kappa shape index (κ3) is 2.77. The second-order valence-corrected chi connectivity index (χ2v) is 5.48. The Labute approximate surface area is 124 Å². The third-order valence-electron chi connectivity index (χ3n) is 3.91. The number of nitrogens with two attached hydrogens (primary N) is 1. The van der Waals surface area contributed by atoms with Gasteiger partial charge in [-0.1, -0.05) is 30.3 Å². The van der Waals surface area contributed by atoms with Crippen LogP contribution in [0.2, 0.25) is 0 Å². The van der Waals surface area contributed by atoms with E-state index in [1.54, 1.807) is 4.90 Å². The molecule has 21 heavy (non-hydrogen) atoms. The minimum Gasteiger partial charge on any atom is -0.395 e. The number of carbonyl (C=O) groups excluding carboxylic acids is 1. The number of hydrogen-bond donors (Lipinski definition) is 2. The molecule has 0 bridgehead atoms. The quantitative estimate of drug-likeness (QED) is 0.886. The van der Waals surface area contributed by atoms with Crippen LogP contribution in [0.25, 0.3) is 0 Å². The lowest BCUT2D eigenvalue weighted by Gasteiger charge is -2.20. The standard InChI is InChI=1S/C16H20N4O/c1-2-20(10-11-6-4-3-5-7-11)16(21)15-13(17)14(18-19-15)12-8-9-12/h3-7,12H,2,8-10,17H2,1H3,(H,18,19). The van der Waals surface area contributed by atoms with Crippen molar-refractivity contribution in [3.8, 4) is 0 Å². The van der Waals surface area contributed by atoms with Gasteiger partial charge in [-0.2, -0.15) is 5.10 Å². The molecule has 3 N–H and O–H groups in total. The van der Waals surface area contributed by atoms with Gasteiger partial charge in [-0.25, -0.2) is 0 Å². The maximum atomic E-state index is 12.6. The highest BCUT2D eigenvalue weighted by Crippen LogP contribution is 2.42. The molecule has 1 fully saturated rings. The van der Waals surface area contributed by atoms with Gasteiger partial charge in [-0.3, -0.25) is 9.89 Å². The number of anilines is 1. The van der Waals surface area contributed by atoms with Crippen LogP contribution in [0.5, 0.6) is 0 Å². The van der Waals surface area contributed by atoms with Gasteiger partial charge >= 0.3 is 0 Å². The Morgan fingerprint density at radius 3 is 2.71 bits per heavy atom. The smallest absolute Gasteiger partial charge is 0.276 e. The molecule has 1 aliphatic rings. The van der Waals surface area contributed by atoms with Crippen molar-refractivity contribution >= 4 is 11.6 Å². The zero-order chi connectivity index (χ0) is 14.8. The van der Waals surface area contributed by atoms with E-state index in [1.165, 1.54) is 0 Å². The Morgan fingerprint density at radius 2 is 2.10 bits per heavy atom. The SMILES string of the molecule is CCN(Cc1ccccc1)C(=O)c1n[nH]c(C2CC2)c1N. The largest absolute Gasteiger partial charge is 0.395 e. The predicted octanol–water partition coefficient (Wildman–Crippen LogP) is 2.53. The van der Waals surface area contributed by atoms with Crippen molar-refractivity contribution in [1.82, 2.24) is 15.1 Å². The number of H-pyrrole nitrogens is 1. The number of nitrogens with zero attached hydrogens (tertiary/aromatic N) is 2. The molecule has 0 radical (unpaired) electrons. The number of aromatic amines is 1. The summed E-state index contributed by atoms with van der Waals surface area (Å²) in [5.74, 6) is 0.352. The van der Waals surface area contributed by atoms with E-state index in [1.807, 2.05) is 37.3 Å². The number of nitrogens with one attached hydrogen (secondary N) is 1. The van der Waals surface area contributed by atoms with Gasteiger partial charge < -0.3 is 10.6 Å². The van der Waals surface area contributed by atoms with Crippen molar-refractivity contribution in [3.05, 3.63) is 47.3 Å². The lowest BCUT2D eigenvalue weighted by Crippen LogP contribution is -2.31. The Balaban J connectivity index is 1.79. The molecule has 0 atom stereocenters. The van der Waals surface area contributed by atoms with Gasteiger partial charge in [0.05, 0.1) is 11.4 Å². The molecule has 110 valence electrons. The Kier molecular flexibility index (Phi) is 3.64. The molecular weight excluding hydrogens is 264 g/mol. The highest BCUT2D eigenvalue weighted by molar-refractivity contribution is 5.97. The molecule has 0 spiro atoms. The Bertz CT molecular complexity index is 631. The van der Waals surface area contributed by atoms with Crippen molar-refractivity contribution in [2.24, 2.45) is 0 Å². The Morgan fingerprint density at radius 1 is 1.38 bits per heavy atom. The first-order chi connectivity index (χ1) is 10.2. The van der Waals surface area contributed by atoms with Crippen LogP contribution >= 0.6 is 0 Å². The maximum Gasteiger partial charge on any atom is 0.276 e. The number of rotatable bonds is 5. The lowest BCUT2D eigenvalue weighted by atomic mass is 10.2. The fourth-order valence-electron chi connectivity index (χ4n) is 2.49. The second-order valence-electron chi connectivity index (χ2n) is 5.48. The van der Waals surface area contributed by atoms with E-state index >= 15 is 0 Å². The van der Waals surface area contributed by atoms with Crippen LogP contribution in [0.4, 0.5) is 5.69 Å². The van der Waals surface area contributed by atoms with Crippen LogP contribution in [0, 0.1) is 0 Å². The number of nitrogen functional groups attached to an aromatic ring is 1. The van der Waals surface area contributed by atoms with E-state index in [-0.39, 0.29) is 5.91 Å². The number of aromatic nitrogens is 2. The number of benzene rings is 1. The van der Waals surface area contributed by atoms with E-state index in [4.69, 9.17) is 5.73 Å². The molecule has 1 aromatic heterocycles. The molecule has 2 aromatic rings. The number of amides is 1. The lowest BCUT2D eigenvalue weighted by molar-refractivity contribution is 0.0747. The molecule has 0 saturated heterocycles. The molecule has 5 nitrogen and oxygen atoms in total. The zero-order valence-corrected chi connectivity index (χ0v) is 12.2. The van der Waals surface area contributed by atoms with Crippen LogP contribution in [0.15, 0.2) is 30.3 Å². The van der Waals surface area contributed by atoms with Crippen LogP contribution in [0.1, 0.15) is 47.4 Å². The number of hydrogen-bond acceptors (Lipinski definition) is 3. The van der Waals surface area contributed by atoms with Crippen LogP contribution in [-0.2, 0) is 6.54 Å². The fraction of sp³-hybridized carbons (Fsp3) is 0.375. The van der Waals surface area contributed by atoms with Crippen molar-refractivity contribution in [3.63, 3.8) is 0 Å². The summed E-state index contributed by atoms with van der Waals surface area (Å²) in [6, 6.07) is 9.94. The molecule has 1 aromatic carbocycles. The van der Waals surface area contributed by atoms with Gasteiger partial charge in [-0.05, 0) is 25.3 Å². The van der Waals surface area contributed by atoms with E-state index in [9.17, 15) is 4.79 Å². The second kappa shape index (κ2) is 5.60. The van der Waals surface area contributed by atoms with E-state index in [0.717, 1.165) is 24.1 Å². The zero-order valence-electron chi connectivity index (χ0n) is 12.2. The summed E-state index contributed by atoms with van der Waals surface area (Å²) in [5.41, 5.74) is 8.99. The minimum absolute atomic E-state index is 0.109. The monoisotopic (exact) mass is 284 g/mol. The average molecular weight is 284 g/mol. The number of carbonyl (C=O) groups is 1. The summed E-state index contributed by atoms with van der Waals surface area (Å²) in [4.78, 5) is 14.4. The summed E-state index contributed by atoms with van der Waals surface area (Å²) in [5, 5.41) is 7.08. The summed E-state index contributed by atoms with van der Waals surface area (Å²) < 4.78 is 0. The first kappa shape index (κ1) is 13.7. The van der Waals surface area contributed by atoms with E-state index in [0.29, 0.717) is 30.4 Å². The molecule has 1 amide bonds. The molecule has 5 heteroatoms. The van der Waals surface area contributed by atoms with Gasteiger partial charge in [0.2, 0.25) is 0 Å². The van der Waals surface area contributed by atoms with E-state index < -0.39 is 0 Å². The van der Waals surface area contributed by atoms with Crippen LogP contribution in [0.3, 0.4) is 0 Å². The summed E-state index contributed by atoms with van der Waals surface area (Å²) in [6.07, 6.45) is 2.25. The molecule has 0 unspecified atom stereocenters. The minimum atomic E-state index is -0.109. The maximum absolute atomic E-state index is 12.6. The predicted molar refractivity (Wildman–Crippen MR) is 81.8 cm³/mol. The van der Waals surface area contributed by atoms with Crippen molar-refractivity contribution in [1.29, 1.82) is 0 Å². The van der Waals surface area contributed by atoms with Crippen molar-refractivity contribution < 1.29 is 4.79 Å². The molecule has 1 saturated carbocycles. The van der Waals surface area contributed by atoms with Gasteiger partial charge in [-0.15, -0.1) is 0 Å². The first-order valence-electron chi connectivity index (χ1n) is 7.37. The van der Waals surface area contributed by atoms with Gasteiger partial charge in [0.25, 0.3) is 5.91 Å². The highest BCUT2D eigenvalue weighted by atomic mass is 16.2. The van der Waals surface area contributed by atoms with Crippen molar-refractivity contribution in [2.45, 2.75) is 32.2 Å². The van der Waals surface area contributed by atoms with Crippen LogP contribution < -0.4 is 5.73 Å². The molecule has 1 heterocycles. The summed E-state index contributed by atoms with van der Waals surface area (Å²) in [6.45, 7) is 3.16. The first-order valence-corrected chi connectivity index (χ1v) is 7.37. The fourth-order valence-corrected chi connectivity index (χ4v) is 2.49. The Hall–Kier alpha value is -2.30. The van der Waals surface area contributed by atoms with Gasteiger partial charge in [0.15, 0.2) is 5.69 Å². The highest BCUT2D eigenvalue weighted by Gasteiger charge is 2.31. The summed E-state index contributed by atoms with van der Waals surface area (Å²) in [7, 11) is 0. The molecule has 3 rings (SSSR count). The van der Waals surface area contributed by atoms with Crippen molar-refractivity contribution in [2.75, 3.05) is 12.3 Å².